The summed E-state index contributed by atoms with van der Waals surface area (Å²) in [5, 5.41) is 4.04. The van der Waals surface area contributed by atoms with E-state index in [-0.39, 0.29) is 11.9 Å². The summed E-state index contributed by atoms with van der Waals surface area (Å²) < 4.78 is 5.73. The number of likely N-dealkylation sites (N-methyl/N-ethyl adjacent to an activating group) is 1. The number of carbonyl (C=O) groups is 1. The van der Waals surface area contributed by atoms with Gasteiger partial charge in [-0.1, -0.05) is 63.2 Å². The van der Waals surface area contributed by atoms with E-state index in [0.29, 0.717) is 18.8 Å². The van der Waals surface area contributed by atoms with Crippen LogP contribution in [-0.4, -0.2) is 42.0 Å². The van der Waals surface area contributed by atoms with Crippen LogP contribution in [0, 0.1) is 6.92 Å². The number of aromatic nitrogens is 1. The molecule has 1 unspecified atom stereocenters. The van der Waals surface area contributed by atoms with Gasteiger partial charge in [0.15, 0.2) is 0 Å². The highest BCUT2D eigenvalue weighted by molar-refractivity contribution is 7.15. The van der Waals surface area contributed by atoms with Crippen LogP contribution in [0.3, 0.4) is 0 Å². The second-order valence-electron chi connectivity index (χ2n) is 7.64. The highest BCUT2D eigenvalue weighted by Gasteiger charge is 2.22. The van der Waals surface area contributed by atoms with Crippen molar-refractivity contribution in [2.24, 2.45) is 0 Å². The lowest BCUT2D eigenvalue weighted by atomic mass is 10.0. The minimum absolute atomic E-state index is 0.0779. The van der Waals surface area contributed by atoms with Crippen molar-refractivity contribution in [2.75, 3.05) is 26.2 Å². The molecule has 0 saturated heterocycles. The van der Waals surface area contributed by atoms with E-state index in [2.05, 4.69) is 48.1 Å². The van der Waals surface area contributed by atoms with Gasteiger partial charge < -0.3 is 10.1 Å². The molecule has 3 rings (SSSR count). The number of nitrogens with one attached hydrogen (secondary N) is 1. The van der Waals surface area contributed by atoms with Crippen molar-refractivity contribution < 1.29 is 9.53 Å². The zero-order valence-electron chi connectivity index (χ0n) is 19.4. The molecule has 1 heterocycles. The van der Waals surface area contributed by atoms with Crippen molar-refractivity contribution in [2.45, 2.75) is 40.2 Å². The number of aryl methyl sites for hydroxylation is 1. The second-order valence-corrected chi connectivity index (χ2v) is 8.84. The third-order valence-corrected chi connectivity index (χ3v) is 6.45. The zero-order valence-corrected chi connectivity index (χ0v) is 20.2. The second kappa shape index (κ2) is 11.8. The molecule has 0 fully saturated rings. The van der Waals surface area contributed by atoms with Crippen molar-refractivity contribution in [3.63, 3.8) is 0 Å². The number of hydrogen-bond donors (Lipinski definition) is 1. The van der Waals surface area contributed by atoms with Gasteiger partial charge in [0, 0.05) is 6.54 Å². The van der Waals surface area contributed by atoms with E-state index >= 15 is 0 Å². The Morgan fingerprint density at radius 3 is 2.38 bits per heavy atom. The number of carbonyl (C=O) groups excluding carboxylic acids is 1. The van der Waals surface area contributed by atoms with Gasteiger partial charge in [0.05, 0.1) is 22.5 Å². The molecule has 3 aromatic rings. The Hall–Kier alpha value is -2.70. The van der Waals surface area contributed by atoms with Crippen LogP contribution in [0.15, 0.2) is 54.6 Å². The predicted octanol–water partition coefficient (Wildman–Crippen LogP) is 5.72. The first kappa shape index (κ1) is 24.0. The van der Waals surface area contributed by atoms with Crippen LogP contribution < -0.4 is 10.1 Å². The summed E-state index contributed by atoms with van der Waals surface area (Å²) in [7, 11) is 0. The minimum atomic E-state index is -0.131. The molecule has 32 heavy (non-hydrogen) atoms. The Balaban J connectivity index is 1.78. The molecule has 0 aliphatic rings. The molecule has 0 radical (unpaired) electrons. The standard InChI is InChI=1S/C26H33N3O2S/c1-5-17-31-22-15-13-20(14-16-22)23(29(6-2)7-3)18-27-26(30)24-25(32-19(4)28-24)21-11-9-8-10-12-21/h8-16,23H,5-7,17-18H2,1-4H3,(H,27,30). The Labute approximate surface area is 195 Å². The van der Waals surface area contributed by atoms with Gasteiger partial charge in [-0.2, -0.15) is 0 Å². The number of rotatable bonds is 11. The number of benzene rings is 2. The van der Waals surface area contributed by atoms with Crippen molar-refractivity contribution >= 4 is 17.2 Å². The maximum Gasteiger partial charge on any atom is 0.271 e. The highest BCUT2D eigenvalue weighted by atomic mass is 32.1. The first-order valence-corrected chi connectivity index (χ1v) is 12.2. The maximum absolute atomic E-state index is 13.2. The van der Waals surface area contributed by atoms with Crippen molar-refractivity contribution in [3.8, 4) is 16.2 Å². The van der Waals surface area contributed by atoms with Gasteiger partial charge in [-0.15, -0.1) is 11.3 Å². The summed E-state index contributed by atoms with van der Waals surface area (Å²) in [6.45, 7) is 11.4. The van der Waals surface area contributed by atoms with Crippen LogP contribution >= 0.6 is 11.3 Å². The number of nitrogens with zero attached hydrogens (tertiary/aromatic N) is 2. The Kier molecular flexibility index (Phi) is 8.82. The Bertz CT molecular complexity index is 982. The third kappa shape index (κ3) is 5.96. The van der Waals surface area contributed by atoms with E-state index in [4.69, 9.17) is 4.74 Å². The molecule has 170 valence electrons. The highest BCUT2D eigenvalue weighted by Crippen LogP contribution is 2.30. The van der Waals surface area contributed by atoms with E-state index in [1.807, 2.05) is 49.4 Å². The summed E-state index contributed by atoms with van der Waals surface area (Å²) in [5.74, 6) is 0.747. The largest absolute Gasteiger partial charge is 0.494 e. The van der Waals surface area contributed by atoms with E-state index in [1.54, 1.807) is 11.3 Å². The Morgan fingerprint density at radius 1 is 1.06 bits per heavy atom. The van der Waals surface area contributed by atoms with Crippen LogP contribution in [0.25, 0.3) is 10.4 Å². The normalized spacial score (nSPS) is 12.0. The van der Waals surface area contributed by atoms with Crippen LogP contribution in [-0.2, 0) is 0 Å². The van der Waals surface area contributed by atoms with Crippen molar-refractivity contribution in [1.29, 1.82) is 0 Å². The van der Waals surface area contributed by atoms with Crippen molar-refractivity contribution in [1.82, 2.24) is 15.2 Å². The summed E-state index contributed by atoms with van der Waals surface area (Å²) in [4.78, 5) is 21.0. The third-order valence-electron chi connectivity index (χ3n) is 5.43. The topological polar surface area (TPSA) is 54.5 Å². The fraction of sp³-hybridized carbons (Fsp3) is 0.385. The SMILES string of the molecule is CCCOc1ccc(C(CNC(=O)c2nc(C)sc2-c2ccccc2)N(CC)CC)cc1. The average molecular weight is 452 g/mol. The van der Waals surface area contributed by atoms with Crippen molar-refractivity contribution in [3.05, 3.63) is 70.9 Å². The van der Waals surface area contributed by atoms with Crippen LogP contribution in [0.2, 0.25) is 0 Å². The molecule has 0 aliphatic carbocycles. The Morgan fingerprint density at radius 2 is 1.75 bits per heavy atom. The average Bonchev–Trinajstić information content (AvgIpc) is 3.23. The van der Waals surface area contributed by atoms with E-state index < -0.39 is 0 Å². The van der Waals surface area contributed by atoms with E-state index in [0.717, 1.165) is 46.3 Å². The van der Waals surface area contributed by atoms with Gasteiger partial charge in [0.25, 0.3) is 5.91 Å². The number of thiazole rings is 1. The lowest BCUT2D eigenvalue weighted by Crippen LogP contribution is -2.38. The minimum Gasteiger partial charge on any atom is -0.494 e. The van der Waals surface area contributed by atoms with Gasteiger partial charge in [0.1, 0.15) is 11.4 Å². The fourth-order valence-electron chi connectivity index (χ4n) is 3.77. The molecule has 0 aliphatic heterocycles. The van der Waals surface area contributed by atoms with Crippen LogP contribution in [0.4, 0.5) is 0 Å². The lowest BCUT2D eigenvalue weighted by molar-refractivity contribution is 0.0931. The van der Waals surface area contributed by atoms with Gasteiger partial charge in [0.2, 0.25) is 0 Å². The number of ether oxygens (including phenoxy) is 1. The first-order valence-electron chi connectivity index (χ1n) is 11.3. The maximum atomic E-state index is 13.2. The molecular weight excluding hydrogens is 418 g/mol. The van der Waals surface area contributed by atoms with E-state index in [9.17, 15) is 4.79 Å². The quantitative estimate of drug-likeness (QED) is 0.405. The molecule has 1 amide bonds. The molecule has 6 heteroatoms. The van der Waals surface area contributed by atoms with Crippen LogP contribution in [0.5, 0.6) is 5.75 Å². The van der Waals surface area contributed by atoms with Crippen LogP contribution in [0.1, 0.15) is 54.3 Å². The van der Waals surface area contributed by atoms with Gasteiger partial charge in [-0.3, -0.25) is 9.69 Å². The van der Waals surface area contributed by atoms with Gasteiger partial charge >= 0.3 is 0 Å². The fourth-order valence-corrected chi connectivity index (χ4v) is 4.69. The molecule has 0 bridgehead atoms. The molecule has 1 N–H and O–H groups in total. The monoisotopic (exact) mass is 451 g/mol. The zero-order chi connectivity index (χ0) is 22.9. The van der Waals surface area contributed by atoms with E-state index in [1.165, 1.54) is 0 Å². The van der Waals surface area contributed by atoms with Gasteiger partial charge in [-0.25, -0.2) is 4.98 Å². The number of hydrogen-bond acceptors (Lipinski definition) is 5. The summed E-state index contributed by atoms with van der Waals surface area (Å²) in [6, 6.07) is 18.3. The molecule has 5 nitrogen and oxygen atoms in total. The predicted molar refractivity (Wildman–Crippen MR) is 133 cm³/mol. The molecule has 1 aromatic heterocycles. The molecule has 1 atom stereocenters. The molecule has 2 aromatic carbocycles. The summed E-state index contributed by atoms with van der Waals surface area (Å²) in [5.41, 5.74) is 2.68. The molecule has 0 spiro atoms. The molecular formula is C26H33N3O2S. The molecule has 0 saturated carbocycles. The smallest absolute Gasteiger partial charge is 0.271 e. The summed E-state index contributed by atoms with van der Waals surface area (Å²) in [6.07, 6.45) is 0.983. The summed E-state index contributed by atoms with van der Waals surface area (Å²) >= 11 is 1.55. The first-order chi connectivity index (χ1) is 15.6. The number of amides is 1. The lowest BCUT2D eigenvalue weighted by Gasteiger charge is -2.30. The van der Waals surface area contributed by atoms with Gasteiger partial charge in [-0.05, 0) is 49.7 Å².